The van der Waals surface area contributed by atoms with E-state index < -0.39 is 5.82 Å². The summed E-state index contributed by atoms with van der Waals surface area (Å²) in [6, 6.07) is 4.52. The minimum Gasteiger partial charge on any atom is -0.496 e. The highest BCUT2D eigenvalue weighted by Crippen LogP contribution is 2.24. The molecule has 0 atom stereocenters. The van der Waals surface area contributed by atoms with Gasteiger partial charge in [-0.05, 0) is 25.0 Å². The molecule has 106 valence electrons. The molecule has 0 radical (unpaired) electrons. The minimum atomic E-state index is -0.547. The van der Waals surface area contributed by atoms with Crippen LogP contribution < -0.4 is 10.5 Å². The number of halogens is 2. The lowest BCUT2D eigenvalue weighted by atomic mass is 10.0. The fraction of sp³-hybridized carbons (Fsp3) is 0.462. The summed E-state index contributed by atoms with van der Waals surface area (Å²) in [5, 5.41) is 0. The molecule has 19 heavy (non-hydrogen) atoms. The molecule has 6 heteroatoms. The number of ether oxygens (including phenoxy) is 1. The van der Waals surface area contributed by atoms with Crippen molar-refractivity contribution in [3.8, 4) is 5.75 Å². The maximum absolute atomic E-state index is 13.8. The molecule has 4 nitrogen and oxygen atoms in total. The van der Waals surface area contributed by atoms with Gasteiger partial charge in [0.05, 0.1) is 7.11 Å². The van der Waals surface area contributed by atoms with Crippen molar-refractivity contribution in [2.24, 2.45) is 5.73 Å². The Morgan fingerprint density at radius 1 is 1.42 bits per heavy atom. The van der Waals surface area contributed by atoms with Crippen molar-refractivity contribution in [1.82, 2.24) is 4.90 Å². The van der Waals surface area contributed by atoms with Crippen molar-refractivity contribution in [3.05, 3.63) is 29.6 Å². The molecule has 2 N–H and O–H groups in total. The summed E-state index contributed by atoms with van der Waals surface area (Å²) < 4.78 is 18.8. The van der Waals surface area contributed by atoms with Crippen molar-refractivity contribution < 1.29 is 13.9 Å². The Labute approximate surface area is 118 Å². The summed E-state index contributed by atoms with van der Waals surface area (Å²) in [4.78, 5) is 13.9. The molecular formula is C13H18ClFN2O2. The van der Waals surface area contributed by atoms with E-state index >= 15 is 0 Å². The summed E-state index contributed by atoms with van der Waals surface area (Å²) in [5.74, 6) is -0.596. The number of nitrogens with two attached hydrogens (primary N) is 1. The van der Waals surface area contributed by atoms with E-state index in [4.69, 9.17) is 10.5 Å². The zero-order chi connectivity index (χ0) is 13.1. The number of hydrogen-bond acceptors (Lipinski definition) is 3. The van der Waals surface area contributed by atoms with E-state index in [2.05, 4.69) is 0 Å². The van der Waals surface area contributed by atoms with Gasteiger partial charge in [0.15, 0.2) is 0 Å². The van der Waals surface area contributed by atoms with Crippen LogP contribution in [0.4, 0.5) is 4.39 Å². The molecule has 1 saturated heterocycles. The second kappa shape index (κ2) is 6.73. The normalized spacial score (nSPS) is 15.8. The molecule has 1 aromatic carbocycles. The van der Waals surface area contributed by atoms with Gasteiger partial charge in [0, 0.05) is 19.1 Å². The van der Waals surface area contributed by atoms with Crippen LogP contribution in [0.15, 0.2) is 18.2 Å². The van der Waals surface area contributed by atoms with Crippen molar-refractivity contribution in [2.75, 3.05) is 20.2 Å². The first-order valence-corrected chi connectivity index (χ1v) is 6.01. The zero-order valence-corrected chi connectivity index (χ0v) is 11.6. The molecule has 0 saturated carbocycles. The topological polar surface area (TPSA) is 55.6 Å². The Bertz CT molecular complexity index is 448. The standard InChI is InChI=1S/C13H17FN2O2.ClH/c1-18-11-4-2-3-10(14)12(11)13(17)16-7-5-9(15)6-8-16;/h2-4,9H,5-8,15H2,1H3;1H. The minimum absolute atomic E-state index is 0. The van der Waals surface area contributed by atoms with E-state index in [1.54, 1.807) is 11.0 Å². The lowest BCUT2D eigenvalue weighted by molar-refractivity contribution is 0.0706. The van der Waals surface area contributed by atoms with Gasteiger partial charge >= 0.3 is 0 Å². The molecule has 0 spiro atoms. The molecule has 2 rings (SSSR count). The number of likely N-dealkylation sites (tertiary alicyclic amines) is 1. The quantitative estimate of drug-likeness (QED) is 0.903. The Morgan fingerprint density at radius 2 is 2.05 bits per heavy atom. The molecule has 0 aromatic heterocycles. The van der Waals surface area contributed by atoms with Gasteiger partial charge in [0.1, 0.15) is 17.1 Å². The van der Waals surface area contributed by atoms with Gasteiger partial charge in [-0.25, -0.2) is 4.39 Å². The van der Waals surface area contributed by atoms with Crippen LogP contribution in [0.5, 0.6) is 5.75 Å². The van der Waals surface area contributed by atoms with Gasteiger partial charge in [-0.1, -0.05) is 6.07 Å². The number of hydrogen-bond donors (Lipinski definition) is 1. The summed E-state index contributed by atoms with van der Waals surface area (Å²) >= 11 is 0. The van der Waals surface area contributed by atoms with Crippen LogP contribution in [0.25, 0.3) is 0 Å². The smallest absolute Gasteiger partial charge is 0.260 e. The number of amides is 1. The number of rotatable bonds is 2. The Kier molecular flexibility index (Phi) is 5.57. The molecule has 1 aliphatic rings. The number of nitrogens with zero attached hydrogens (tertiary/aromatic N) is 1. The van der Waals surface area contributed by atoms with Gasteiger partial charge in [0.2, 0.25) is 0 Å². The third-order valence-corrected chi connectivity index (χ3v) is 3.24. The van der Waals surface area contributed by atoms with Crippen LogP contribution >= 0.6 is 12.4 Å². The predicted molar refractivity (Wildman–Crippen MR) is 73.3 cm³/mol. The summed E-state index contributed by atoms with van der Waals surface area (Å²) in [5.41, 5.74) is 5.79. The van der Waals surface area contributed by atoms with Crippen LogP contribution in [-0.2, 0) is 0 Å². The molecule has 1 fully saturated rings. The summed E-state index contributed by atoms with van der Waals surface area (Å²) in [6.07, 6.45) is 1.50. The molecule has 1 aromatic rings. The molecule has 1 aliphatic heterocycles. The highest BCUT2D eigenvalue weighted by molar-refractivity contribution is 5.97. The fourth-order valence-electron chi connectivity index (χ4n) is 2.14. The molecular weight excluding hydrogens is 271 g/mol. The molecule has 1 heterocycles. The lowest BCUT2D eigenvalue weighted by Crippen LogP contribution is -2.43. The summed E-state index contributed by atoms with van der Waals surface area (Å²) in [6.45, 7) is 1.13. The van der Waals surface area contributed by atoms with Gasteiger partial charge in [-0.2, -0.15) is 0 Å². The first kappa shape index (κ1) is 15.7. The van der Waals surface area contributed by atoms with Crippen LogP contribution in [0.3, 0.4) is 0 Å². The van der Waals surface area contributed by atoms with Crippen LogP contribution in [0.1, 0.15) is 23.2 Å². The largest absolute Gasteiger partial charge is 0.496 e. The number of carbonyl (C=O) groups is 1. The lowest BCUT2D eigenvalue weighted by Gasteiger charge is -2.30. The van der Waals surface area contributed by atoms with E-state index in [0.29, 0.717) is 13.1 Å². The van der Waals surface area contributed by atoms with E-state index in [9.17, 15) is 9.18 Å². The second-order valence-corrected chi connectivity index (χ2v) is 4.45. The fourth-order valence-corrected chi connectivity index (χ4v) is 2.14. The van der Waals surface area contributed by atoms with Gasteiger partial charge < -0.3 is 15.4 Å². The Morgan fingerprint density at radius 3 is 2.63 bits per heavy atom. The second-order valence-electron chi connectivity index (χ2n) is 4.45. The maximum Gasteiger partial charge on any atom is 0.260 e. The maximum atomic E-state index is 13.8. The SMILES string of the molecule is COc1cccc(F)c1C(=O)N1CCC(N)CC1.Cl. The molecule has 0 bridgehead atoms. The predicted octanol–water partition coefficient (Wildman–Crippen LogP) is 1.82. The Balaban J connectivity index is 0.00000180. The van der Waals surface area contributed by atoms with Crippen LogP contribution in [-0.4, -0.2) is 37.0 Å². The molecule has 0 aliphatic carbocycles. The van der Waals surface area contributed by atoms with Crippen LogP contribution in [0.2, 0.25) is 0 Å². The third kappa shape index (κ3) is 3.36. The van der Waals surface area contributed by atoms with Gasteiger partial charge in [0.25, 0.3) is 5.91 Å². The monoisotopic (exact) mass is 288 g/mol. The van der Waals surface area contributed by atoms with Gasteiger partial charge in [-0.3, -0.25) is 4.79 Å². The summed E-state index contributed by atoms with van der Waals surface area (Å²) in [7, 11) is 1.43. The van der Waals surface area contributed by atoms with Crippen LogP contribution in [0, 0.1) is 5.82 Å². The number of methoxy groups -OCH3 is 1. The average molecular weight is 289 g/mol. The van der Waals surface area contributed by atoms with E-state index in [-0.39, 0.29) is 35.7 Å². The van der Waals surface area contributed by atoms with Crippen molar-refractivity contribution in [2.45, 2.75) is 18.9 Å². The Hall–Kier alpha value is -1.33. The average Bonchev–Trinajstić information content (AvgIpc) is 2.38. The van der Waals surface area contributed by atoms with Crippen molar-refractivity contribution >= 4 is 18.3 Å². The zero-order valence-electron chi connectivity index (χ0n) is 10.8. The first-order valence-electron chi connectivity index (χ1n) is 6.01. The third-order valence-electron chi connectivity index (χ3n) is 3.24. The molecule has 0 unspecified atom stereocenters. The van der Waals surface area contributed by atoms with Crippen molar-refractivity contribution in [1.29, 1.82) is 0 Å². The highest BCUT2D eigenvalue weighted by atomic mass is 35.5. The van der Waals surface area contributed by atoms with E-state index in [0.717, 1.165) is 12.8 Å². The number of piperidine rings is 1. The number of benzene rings is 1. The first-order chi connectivity index (χ1) is 8.63. The van der Waals surface area contributed by atoms with E-state index in [1.165, 1.54) is 19.2 Å². The van der Waals surface area contributed by atoms with Gasteiger partial charge in [-0.15, -0.1) is 12.4 Å². The van der Waals surface area contributed by atoms with E-state index in [1.807, 2.05) is 0 Å². The molecule has 1 amide bonds. The number of carbonyl (C=O) groups excluding carboxylic acids is 1. The van der Waals surface area contributed by atoms with Crippen molar-refractivity contribution in [3.63, 3.8) is 0 Å². The highest BCUT2D eigenvalue weighted by Gasteiger charge is 2.26.